The lowest BCUT2D eigenvalue weighted by atomic mass is 10.3. The summed E-state index contributed by atoms with van der Waals surface area (Å²) >= 11 is 0. The Morgan fingerprint density at radius 1 is 1.23 bits per heavy atom. The molecule has 0 saturated carbocycles. The lowest BCUT2D eigenvalue weighted by Crippen LogP contribution is -2.38. The van der Waals surface area contributed by atoms with Crippen LogP contribution in [-0.4, -0.2) is 34.7 Å². The molecule has 7 heteroatoms. The Hall–Kier alpha value is -2.83. The molecule has 26 heavy (non-hydrogen) atoms. The predicted molar refractivity (Wildman–Crippen MR) is 98.6 cm³/mol. The minimum atomic E-state index is -0.648. The first kappa shape index (κ1) is 19.5. The lowest BCUT2D eigenvalue weighted by molar-refractivity contribution is -0.127. The van der Waals surface area contributed by atoms with Gasteiger partial charge in [0.05, 0.1) is 12.9 Å². The third-order valence-corrected chi connectivity index (χ3v) is 3.77. The quantitative estimate of drug-likeness (QED) is 0.738. The lowest BCUT2D eigenvalue weighted by Gasteiger charge is -2.15. The first-order chi connectivity index (χ1) is 12.5. The minimum absolute atomic E-state index is 0.121. The van der Waals surface area contributed by atoms with E-state index in [-0.39, 0.29) is 11.5 Å². The number of ether oxygens (including phenoxy) is 2. The molecule has 1 heterocycles. The van der Waals surface area contributed by atoms with Gasteiger partial charge in [-0.1, -0.05) is 6.92 Å². The van der Waals surface area contributed by atoms with Crippen molar-refractivity contribution >= 4 is 5.91 Å². The summed E-state index contributed by atoms with van der Waals surface area (Å²) in [6.07, 6.45) is 1.57. The molecule has 1 aromatic heterocycles. The molecule has 0 aliphatic rings. The fourth-order valence-corrected chi connectivity index (χ4v) is 2.31. The van der Waals surface area contributed by atoms with Gasteiger partial charge in [-0.3, -0.25) is 14.2 Å². The van der Waals surface area contributed by atoms with Crippen molar-refractivity contribution in [3.63, 3.8) is 0 Å². The van der Waals surface area contributed by atoms with E-state index in [1.165, 1.54) is 17.0 Å². The standard InChI is InChI=1S/C19H25N3O4/c1-4-15-12-18(23)22(13-21-15)11-10-20-19(24)14(3)26-17-8-6-16(7-9-17)25-5-2/h6-9,12-14H,4-5,10-11H2,1-3H3,(H,20,24). The van der Waals surface area contributed by atoms with Crippen LogP contribution in [0.3, 0.4) is 0 Å². The van der Waals surface area contributed by atoms with Gasteiger partial charge >= 0.3 is 0 Å². The van der Waals surface area contributed by atoms with Crippen molar-refractivity contribution in [1.82, 2.24) is 14.9 Å². The summed E-state index contributed by atoms with van der Waals surface area (Å²) in [5, 5.41) is 2.76. The van der Waals surface area contributed by atoms with Gasteiger partial charge in [0.15, 0.2) is 6.10 Å². The van der Waals surface area contributed by atoms with E-state index in [4.69, 9.17) is 9.47 Å². The number of aromatic nitrogens is 2. The first-order valence-corrected chi connectivity index (χ1v) is 8.76. The van der Waals surface area contributed by atoms with Gasteiger partial charge in [-0.05, 0) is 44.5 Å². The van der Waals surface area contributed by atoms with Crippen LogP contribution in [0.4, 0.5) is 0 Å². The highest BCUT2D eigenvalue weighted by Gasteiger charge is 2.14. The van der Waals surface area contributed by atoms with Crippen molar-refractivity contribution in [2.24, 2.45) is 0 Å². The molecule has 0 saturated heterocycles. The van der Waals surface area contributed by atoms with Crippen LogP contribution in [0, 0.1) is 0 Å². The molecule has 1 aromatic carbocycles. The molecule has 2 rings (SSSR count). The van der Waals surface area contributed by atoms with Crippen molar-refractivity contribution in [3.05, 3.63) is 52.7 Å². The Kier molecular flexibility index (Phi) is 7.20. The Bertz CT molecular complexity index is 771. The first-order valence-electron chi connectivity index (χ1n) is 8.76. The Morgan fingerprint density at radius 3 is 2.54 bits per heavy atom. The number of rotatable bonds is 9. The Labute approximate surface area is 153 Å². The van der Waals surface area contributed by atoms with Crippen LogP contribution in [0.5, 0.6) is 11.5 Å². The largest absolute Gasteiger partial charge is 0.494 e. The summed E-state index contributed by atoms with van der Waals surface area (Å²) in [5.74, 6) is 1.10. The monoisotopic (exact) mass is 359 g/mol. The maximum absolute atomic E-state index is 12.1. The smallest absolute Gasteiger partial charge is 0.260 e. The van der Waals surface area contributed by atoms with E-state index in [2.05, 4.69) is 10.3 Å². The van der Waals surface area contributed by atoms with Crippen LogP contribution in [-0.2, 0) is 17.8 Å². The Morgan fingerprint density at radius 2 is 1.92 bits per heavy atom. The summed E-state index contributed by atoms with van der Waals surface area (Å²) in [6.45, 7) is 6.81. The molecular weight excluding hydrogens is 334 g/mol. The van der Waals surface area contributed by atoms with Crippen LogP contribution in [0.2, 0.25) is 0 Å². The molecule has 1 atom stereocenters. The molecule has 0 fully saturated rings. The molecule has 0 radical (unpaired) electrons. The number of hydrogen-bond donors (Lipinski definition) is 1. The molecule has 140 valence electrons. The zero-order valence-corrected chi connectivity index (χ0v) is 15.4. The number of carbonyl (C=O) groups is 1. The van der Waals surface area contributed by atoms with E-state index in [9.17, 15) is 9.59 Å². The third-order valence-electron chi connectivity index (χ3n) is 3.77. The van der Waals surface area contributed by atoms with Gasteiger partial charge in [0, 0.05) is 24.8 Å². The van der Waals surface area contributed by atoms with E-state index in [1.54, 1.807) is 31.2 Å². The second-order valence-corrected chi connectivity index (χ2v) is 5.72. The van der Waals surface area contributed by atoms with E-state index in [0.29, 0.717) is 31.9 Å². The number of nitrogens with one attached hydrogen (secondary N) is 1. The van der Waals surface area contributed by atoms with E-state index < -0.39 is 6.10 Å². The van der Waals surface area contributed by atoms with Gasteiger partial charge in [-0.25, -0.2) is 4.98 Å². The van der Waals surface area contributed by atoms with Gasteiger partial charge in [0.2, 0.25) is 0 Å². The molecule has 1 unspecified atom stereocenters. The highest BCUT2D eigenvalue weighted by Crippen LogP contribution is 2.18. The molecule has 0 aliphatic carbocycles. The highest BCUT2D eigenvalue weighted by molar-refractivity contribution is 5.80. The average molecular weight is 359 g/mol. The minimum Gasteiger partial charge on any atom is -0.494 e. The SMILES string of the molecule is CCOc1ccc(OC(C)C(=O)NCCn2cnc(CC)cc2=O)cc1. The summed E-state index contributed by atoms with van der Waals surface area (Å²) in [5.41, 5.74) is 0.637. The summed E-state index contributed by atoms with van der Waals surface area (Å²) in [4.78, 5) is 28.2. The number of carbonyl (C=O) groups excluding carboxylic acids is 1. The van der Waals surface area contributed by atoms with Crippen LogP contribution < -0.4 is 20.3 Å². The fraction of sp³-hybridized carbons (Fsp3) is 0.421. The molecule has 7 nitrogen and oxygen atoms in total. The van der Waals surface area contributed by atoms with Crippen LogP contribution >= 0.6 is 0 Å². The van der Waals surface area contributed by atoms with Crippen LogP contribution in [0.25, 0.3) is 0 Å². The van der Waals surface area contributed by atoms with E-state index in [1.807, 2.05) is 13.8 Å². The number of benzene rings is 1. The third kappa shape index (κ3) is 5.61. The maximum Gasteiger partial charge on any atom is 0.260 e. The summed E-state index contributed by atoms with van der Waals surface area (Å²) < 4.78 is 12.5. The van der Waals surface area contributed by atoms with Gasteiger partial charge in [-0.2, -0.15) is 0 Å². The van der Waals surface area contributed by atoms with Crippen molar-refractivity contribution < 1.29 is 14.3 Å². The zero-order valence-electron chi connectivity index (χ0n) is 15.4. The Balaban J connectivity index is 1.80. The average Bonchev–Trinajstić information content (AvgIpc) is 2.64. The number of nitrogens with zero attached hydrogens (tertiary/aromatic N) is 2. The van der Waals surface area contributed by atoms with Crippen molar-refractivity contribution in [2.45, 2.75) is 39.8 Å². The molecular formula is C19H25N3O4. The van der Waals surface area contributed by atoms with Crippen molar-refractivity contribution in [1.29, 1.82) is 0 Å². The predicted octanol–water partition coefficient (Wildman–Crippen LogP) is 1.79. The van der Waals surface area contributed by atoms with Gasteiger partial charge in [0.25, 0.3) is 11.5 Å². The molecule has 2 aromatic rings. The fourth-order valence-electron chi connectivity index (χ4n) is 2.31. The molecule has 0 aliphatic heterocycles. The number of hydrogen-bond acceptors (Lipinski definition) is 5. The van der Waals surface area contributed by atoms with Crippen LogP contribution in [0.1, 0.15) is 26.5 Å². The summed E-state index contributed by atoms with van der Waals surface area (Å²) in [7, 11) is 0. The second-order valence-electron chi connectivity index (χ2n) is 5.72. The number of aryl methyl sites for hydroxylation is 1. The topological polar surface area (TPSA) is 82.4 Å². The van der Waals surface area contributed by atoms with E-state index >= 15 is 0 Å². The zero-order chi connectivity index (χ0) is 18.9. The second kappa shape index (κ2) is 9.60. The van der Waals surface area contributed by atoms with Crippen molar-refractivity contribution in [3.8, 4) is 11.5 Å². The van der Waals surface area contributed by atoms with Gasteiger partial charge < -0.3 is 14.8 Å². The van der Waals surface area contributed by atoms with E-state index in [0.717, 1.165) is 11.4 Å². The highest BCUT2D eigenvalue weighted by atomic mass is 16.5. The van der Waals surface area contributed by atoms with Gasteiger partial charge in [0.1, 0.15) is 11.5 Å². The molecule has 0 bridgehead atoms. The molecule has 1 amide bonds. The number of amides is 1. The van der Waals surface area contributed by atoms with Crippen molar-refractivity contribution in [2.75, 3.05) is 13.2 Å². The molecule has 0 spiro atoms. The van der Waals surface area contributed by atoms with Crippen LogP contribution in [0.15, 0.2) is 41.5 Å². The molecule has 1 N–H and O–H groups in total. The van der Waals surface area contributed by atoms with Gasteiger partial charge in [-0.15, -0.1) is 0 Å². The summed E-state index contributed by atoms with van der Waals surface area (Å²) in [6, 6.07) is 8.62. The normalized spacial score (nSPS) is 11.7. The maximum atomic E-state index is 12.1.